The van der Waals surface area contributed by atoms with Crippen molar-refractivity contribution < 1.29 is 26.1 Å². The first-order chi connectivity index (χ1) is 6.76. The van der Waals surface area contributed by atoms with Gasteiger partial charge in [-0.05, 0) is 0 Å². The van der Waals surface area contributed by atoms with E-state index < -0.39 is 11.8 Å². The second kappa shape index (κ2) is 4.65. The normalized spacial score (nSPS) is 9.71. The Morgan fingerprint density at radius 2 is 1.43 bits per heavy atom. The molecule has 0 aliphatic rings. The van der Waals surface area contributed by atoms with Crippen LogP contribution in [-0.4, -0.2) is 14.2 Å². The van der Waals surface area contributed by atoms with Crippen molar-refractivity contribution in [1.29, 1.82) is 0 Å². The van der Waals surface area contributed by atoms with Gasteiger partial charge in [0, 0.05) is 0 Å². The molecule has 0 spiro atoms. The molecule has 0 aliphatic carbocycles. The summed E-state index contributed by atoms with van der Waals surface area (Å²) in [4.78, 5) is 31.5. The summed E-state index contributed by atoms with van der Waals surface area (Å²) >= 11 is -3.56. The quantitative estimate of drug-likeness (QED) is 0.741. The van der Waals surface area contributed by atoms with Crippen molar-refractivity contribution in [2.75, 3.05) is 0 Å². The zero-order valence-electron chi connectivity index (χ0n) is 7.23. The van der Waals surface area contributed by atoms with E-state index in [2.05, 4.69) is 0 Å². The molecule has 0 amide bonds. The Balaban J connectivity index is 3.34. The van der Waals surface area contributed by atoms with Gasteiger partial charge in [-0.25, -0.2) is 0 Å². The Morgan fingerprint density at radius 3 is 1.86 bits per heavy atom. The molecule has 4 heteroatoms. The molecular formula is C10H7CrO3. The van der Waals surface area contributed by atoms with Gasteiger partial charge in [-0.1, -0.05) is 0 Å². The fourth-order valence-electron chi connectivity index (χ4n) is 0.964. The van der Waals surface area contributed by atoms with Crippen LogP contribution < -0.4 is 0 Å². The van der Waals surface area contributed by atoms with Crippen LogP contribution in [0.25, 0.3) is 0 Å². The zero-order chi connectivity index (χ0) is 10.4. The summed E-state index contributed by atoms with van der Waals surface area (Å²) in [7, 11) is 0. The molecule has 0 saturated heterocycles. The minimum atomic E-state index is -3.56. The Labute approximate surface area is 81.9 Å². The topological polar surface area (TPSA) is 51.2 Å². The summed E-state index contributed by atoms with van der Waals surface area (Å²) < 4.78 is 4.57. The van der Waals surface area contributed by atoms with Crippen molar-refractivity contribution >= 4 is 14.2 Å². The summed E-state index contributed by atoms with van der Waals surface area (Å²) in [5.41, 5.74) is 0.766. The van der Waals surface area contributed by atoms with E-state index in [1.807, 2.05) is 6.07 Å². The van der Waals surface area contributed by atoms with E-state index >= 15 is 0 Å². The third kappa shape index (κ3) is 2.25. The molecule has 0 fully saturated rings. The predicted octanol–water partition coefficient (Wildman–Crippen LogP) is 0.542. The predicted molar refractivity (Wildman–Crippen MR) is 47.2 cm³/mol. The van der Waals surface area contributed by atoms with Crippen LogP contribution in [0.2, 0.25) is 0 Å². The number of rotatable bonds is 2. The van der Waals surface area contributed by atoms with E-state index in [4.69, 9.17) is 0 Å². The first-order valence-electron chi connectivity index (χ1n) is 3.78. The zero-order valence-corrected chi connectivity index (χ0v) is 8.50. The molecule has 1 aromatic rings. The van der Waals surface area contributed by atoms with Gasteiger partial charge in [0.2, 0.25) is 0 Å². The van der Waals surface area contributed by atoms with Gasteiger partial charge in [-0.3, -0.25) is 0 Å². The van der Waals surface area contributed by atoms with Gasteiger partial charge in [0.05, 0.1) is 0 Å². The van der Waals surface area contributed by atoms with Gasteiger partial charge in [0.25, 0.3) is 0 Å². The van der Waals surface area contributed by atoms with E-state index in [1.54, 1.807) is 24.3 Å². The van der Waals surface area contributed by atoms with Crippen molar-refractivity contribution in [3.05, 3.63) is 35.9 Å². The summed E-state index contributed by atoms with van der Waals surface area (Å²) in [5, 5.41) is 0.119. The molecule has 3 nitrogen and oxygen atoms in total. The molecule has 0 saturated carbocycles. The maximum absolute atomic E-state index is 10.5. The Hall–Kier alpha value is -1.51. The summed E-state index contributed by atoms with van der Waals surface area (Å²) in [6, 6.07) is 8.86. The Bertz CT molecular complexity index is 522. The minimum absolute atomic E-state index is 0.119. The summed E-state index contributed by atoms with van der Waals surface area (Å²) in [5.74, 6) is 0. The van der Waals surface area contributed by atoms with Crippen molar-refractivity contribution in [2.24, 2.45) is 0 Å². The van der Waals surface area contributed by atoms with Crippen LogP contribution >= 0.6 is 0 Å². The molecule has 0 radical (unpaired) electrons. The standard InChI is InChI=1S/C7H7.3CO.Cr/c1-7-5-3-2-4-6-7;3*1-2;/h2-6H,1H2;;;;. The fourth-order valence-corrected chi connectivity index (χ4v) is 2.48. The van der Waals surface area contributed by atoms with Gasteiger partial charge in [-0.15, -0.1) is 0 Å². The first-order valence-corrected chi connectivity index (χ1v) is 6.59. The van der Waals surface area contributed by atoms with E-state index in [1.165, 1.54) is 14.2 Å². The van der Waals surface area contributed by atoms with Gasteiger partial charge in [-0.2, -0.15) is 0 Å². The third-order valence-corrected chi connectivity index (χ3v) is 4.18. The molecule has 1 aromatic carbocycles. The van der Waals surface area contributed by atoms with E-state index in [9.17, 15) is 14.4 Å². The second-order valence-corrected chi connectivity index (χ2v) is 6.16. The summed E-state index contributed by atoms with van der Waals surface area (Å²) in [6.45, 7) is 0. The molecule has 0 aliphatic heterocycles. The Kier molecular flexibility index (Phi) is 3.51. The van der Waals surface area contributed by atoms with Gasteiger partial charge >= 0.3 is 81.6 Å². The average Bonchev–Trinajstić information content (AvgIpc) is 2.28. The summed E-state index contributed by atoms with van der Waals surface area (Å²) in [6.07, 6.45) is 0. The molecule has 71 valence electrons. The molecule has 0 bridgehead atoms. The molecule has 0 atom stereocenters. The van der Waals surface area contributed by atoms with Gasteiger partial charge in [0.1, 0.15) is 0 Å². The average molecular weight is 227 g/mol. The molecule has 14 heavy (non-hydrogen) atoms. The molecule has 0 heterocycles. The molecule has 1 rings (SSSR count). The molecule has 0 aromatic heterocycles. The molecular weight excluding hydrogens is 220 g/mol. The SMILES string of the molecule is O=[C]=[Cr](=[C]=O)(=[C]=O)[CH2]c1ccccc1. The van der Waals surface area contributed by atoms with Crippen molar-refractivity contribution in [1.82, 2.24) is 0 Å². The molecule has 0 unspecified atom stereocenters. The Morgan fingerprint density at radius 1 is 0.929 bits per heavy atom. The van der Waals surface area contributed by atoms with Gasteiger partial charge in [0.15, 0.2) is 0 Å². The number of benzene rings is 1. The van der Waals surface area contributed by atoms with Crippen molar-refractivity contribution in [2.45, 2.75) is 5.28 Å². The van der Waals surface area contributed by atoms with Crippen LogP contribution in [-0.2, 0) is 31.4 Å². The van der Waals surface area contributed by atoms with Crippen LogP contribution in [0.5, 0.6) is 0 Å². The first kappa shape index (κ1) is 10.6. The van der Waals surface area contributed by atoms with Gasteiger partial charge < -0.3 is 0 Å². The monoisotopic (exact) mass is 227 g/mol. The van der Waals surface area contributed by atoms with Crippen LogP contribution in [0.4, 0.5) is 0 Å². The van der Waals surface area contributed by atoms with Crippen LogP contribution in [0, 0.1) is 0 Å². The fraction of sp³-hybridized carbons (Fsp3) is 0.100. The van der Waals surface area contributed by atoms with Crippen LogP contribution in [0.15, 0.2) is 30.3 Å². The van der Waals surface area contributed by atoms with Crippen molar-refractivity contribution in [3.8, 4) is 0 Å². The van der Waals surface area contributed by atoms with E-state index in [0.29, 0.717) is 0 Å². The van der Waals surface area contributed by atoms with E-state index in [0.717, 1.165) is 5.56 Å². The maximum atomic E-state index is 10.5. The number of carbonyl (C=O) groups excluding carboxylic acids is 3. The van der Waals surface area contributed by atoms with Crippen molar-refractivity contribution in [3.63, 3.8) is 0 Å². The number of hydrogen-bond acceptors (Lipinski definition) is 3. The van der Waals surface area contributed by atoms with Crippen LogP contribution in [0.1, 0.15) is 5.56 Å². The van der Waals surface area contributed by atoms with E-state index in [-0.39, 0.29) is 5.28 Å². The third-order valence-electron chi connectivity index (χ3n) is 1.65. The molecule has 0 N–H and O–H groups in total. The second-order valence-electron chi connectivity index (χ2n) is 2.62. The number of hydrogen-bond donors (Lipinski definition) is 0. The van der Waals surface area contributed by atoms with Crippen LogP contribution in [0.3, 0.4) is 0 Å².